The minimum atomic E-state index is 0.0188. The summed E-state index contributed by atoms with van der Waals surface area (Å²) in [5, 5.41) is 22.9. The Morgan fingerprint density at radius 2 is 2.20 bits per heavy atom. The first kappa shape index (κ1) is 20.5. The molecule has 4 rings (SSSR count). The van der Waals surface area contributed by atoms with E-state index in [1.807, 2.05) is 38.2 Å². The average Bonchev–Trinajstić information content (AvgIpc) is 3.39. The van der Waals surface area contributed by atoms with Gasteiger partial charge in [-0.05, 0) is 61.6 Å². The third kappa shape index (κ3) is 4.10. The smallest absolute Gasteiger partial charge is 0.137 e. The van der Waals surface area contributed by atoms with Crippen LogP contribution in [-0.2, 0) is 6.42 Å². The molecular formula is C24H25N3O2S. The van der Waals surface area contributed by atoms with Crippen LogP contribution in [0.5, 0.6) is 5.75 Å². The zero-order chi connectivity index (χ0) is 21.1. The maximum atomic E-state index is 9.51. The van der Waals surface area contributed by atoms with E-state index in [0.717, 1.165) is 28.3 Å². The van der Waals surface area contributed by atoms with Crippen molar-refractivity contribution in [1.82, 2.24) is 10.3 Å². The van der Waals surface area contributed by atoms with Gasteiger partial charge in [0, 0.05) is 24.3 Å². The molecule has 30 heavy (non-hydrogen) atoms. The minimum absolute atomic E-state index is 0.0188. The van der Waals surface area contributed by atoms with Gasteiger partial charge in [-0.1, -0.05) is 18.2 Å². The number of hydrogen-bond donors (Lipinski definition) is 2. The molecule has 0 spiro atoms. The predicted molar refractivity (Wildman–Crippen MR) is 120 cm³/mol. The fraction of sp³-hybridized carbons (Fsp3) is 0.333. The van der Waals surface area contributed by atoms with Crippen LogP contribution in [0.25, 0.3) is 21.0 Å². The molecule has 2 N–H and O–H groups in total. The SMILES string of the molecule is CC(C)Oc1ccc(-c2ncc(-c3cccc4c3CCC4NCCO)s2)cc1C#N. The number of aliphatic hydroxyl groups excluding tert-OH is 1. The Hall–Kier alpha value is -2.72. The Kier molecular flexibility index (Phi) is 6.14. The largest absolute Gasteiger partial charge is 0.490 e. The van der Waals surface area contributed by atoms with Crippen molar-refractivity contribution in [2.75, 3.05) is 13.2 Å². The number of hydrogen-bond acceptors (Lipinski definition) is 6. The molecule has 0 amide bonds. The highest BCUT2D eigenvalue weighted by Crippen LogP contribution is 2.41. The Morgan fingerprint density at radius 1 is 1.33 bits per heavy atom. The van der Waals surface area contributed by atoms with Gasteiger partial charge in [-0.3, -0.25) is 0 Å². The molecule has 0 bridgehead atoms. The van der Waals surface area contributed by atoms with Crippen molar-refractivity contribution >= 4 is 11.3 Å². The van der Waals surface area contributed by atoms with E-state index < -0.39 is 0 Å². The number of ether oxygens (including phenoxy) is 1. The highest BCUT2D eigenvalue weighted by atomic mass is 32.1. The Bertz CT molecular complexity index is 1080. The normalized spacial score (nSPS) is 15.2. The van der Waals surface area contributed by atoms with Crippen molar-refractivity contribution in [1.29, 1.82) is 5.26 Å². The lowest BCUT2D eigenvalue weighted by molar-refractivity contribution is 0.242. The number of thiazole rings is 1. The first-order valence-corrected chi connectivity index (χ1v) is 11.1. The molecule has 0 aliphatic heterocycles. The molecule has 154 valence electrons. The Morgan fingerprint density at radius 3 is 2.97 bits per heavy atom. The lowest BCUT2D eigenvalue weighted by Gasteiger charge is -2.13. The van der Waals surface area contributed by atoms with Crippen LogP contribution in [0.3, 0.4) is 0 Å². The van der Waals surface area contributed by atoms with Gasteiger partial charge in [0.05, 0.1) is 23.2 Å². The molecular weight excluding hydrogens is 394 g/mol. The predicted octanol–water partition coefficient (Wildman–Crippen LogP) is 4.71. The molecule has 1 unspecified atom stereocenters. The van der Waals surface area contributed by atoms with Crippen LogP contribution >= 0.6 is 11.3 Å². The molecule has 0 saturated carbocycles. The summed E-state index contributed by atoms with van der Waals surface area (Å²) < 4.78 is 5.73. The summed E-state index contributed by atoms with van der Waals surface area (Å²) in [6, 6.07) is 14.6. The van der Waals surface area contributed by atoms with Crippen molar-refractivity contribution in [2.45, 2.75) is 38.8 Å². The van der Waals surface area contributed by atoms with E-state index in [9.17, 15) is 5.26 Å². The number of nitriles is 1. The van der Waals surface area contributed by atoms with E-state index in [2.05, 4.69) is 34.6 Å². The zero-order valence-corrected chi connectivity index (χ0v) is 18.0. The summed E-state index contributed by atoms with van der Waals surface area (Å²) in [5.74, 6) is 0.607. The van der Waals surface area contributed by atoms with E-state index in [4.69, 9.17) is 9.84 Å². The molecule has 1 aliphatic carbocycles. The van der Waals surface area contributed by atoms with Crippen LogP contribution in [0, 0.1) is 11.3 Å². The summed E-state index contributed by atoms with van der Waals surface area (Å²) >= 11 is 1.64. The molecule has 3 aromatic rings. The van der Waals surface area contributed by atoms with Gasteiger partial charge in [0.25, 0.3) is 0 Å². The number of nitrogens with one attached hydrogen (secondary N) is 1. The van der Waals surface area contributed by atoms with E-state index >= 15 is 0 Å². The van der Waals surface area contributed by atoms with E-state index in [1.165, 1.54) is 16.7 Å². The third-order valence-corrected chi connectivity index (χ3v) is 6.33. The summed E-state index contributed by atoms with van der Waals surface area (Å²) in [6.45, 7) is 4.65. The summed E-state index contributed by atoms with van der Waals surface area (Å²) in [6.07, 6.45) is 4.00. The zero-order valence-electron chi connectivity index (χ0n) is 17.2. The number of aliphatic hydroxyl groups is 1. The van der Waals surface area contributed by atoms with E-state index in [0.29, 0.717) is 23.9 Å². The second-order valence-corrected chi connectivity index (χ2v) is 8.69. The van der Waals surface area contributed by atoms with Gasteiger partial charge in [-0.2, -0.15) is 5.26 Å². The van der Waals surface area contributed by atoms with Crippen molar-refractivity contribution in [3.63, 3.8) is 0 Å². The minimum Gasteiger partial charge on any atom is -0.490 e. The van der Waals surface area contributed by atoms with Gasteiger partial charge in [0.15, 0.2) is 0 Å². The molecule has 2 aromatic carbocycles. The third-order valence-electron chi connectivity index (χ3n) is 5.25. The second-order valence-electron chi connectivity index (χ2n) is 7.66. The fourth-order valence-corrected chi connectivity index (χ4v) is 4.94. The standard InChI is InChI=1S/C24H25N3O2S/c1-15(2)29-22-9-6-16(12-17(22)13-25)24-27-14-23(30-24)20-5-3-4-19-18(20)7-8-21(19)26-10-11-28/h3-6,9,12,14-15,21,26,28H,7-8,10-11H2,1-2H3. The van der Waals surface area contributed by atoms with Crippen LogP contribution in [0.1, 0.15) is 43.0 Å². The van der Waals surface area contributed by atoms with Crippen molar-refractivity contribution in [3.8, 4) is 32.8 Å². The first-order chi connectivity index (χ1) is 14.6. The summed E-state index contributed by atoms with van der Waals surface area (Å²) in [7, 11) is 0. The highest BCUT2D eigenvalue weighted by Gasteiger charge is 2.25. The molecule has 6 heteroatoms. The monoisotopic (exact) mass is 419 g/mol. The van der Waals surface area contributed by atoms with Crippen molar-refractivity contribution in [2.24, 2.45) is 0 Å². The van der Waals surface area contributed by atoms with Crippen LogP contribution in [0.2, 0.25) is 0 Å². The lowest BCUT2D eigenvalue weighted by atomic mass is 10.0. The average molecular weight is 420 g/mol. The highest BCUT2D eigenvalue weighted by molar-refractivity contribution is 7.18. The van der Waals surface area contributed by atoms with Gasteiger partial charge in [-0.15, -0.1) is 11.3 Å². The van der Waals surface area contributed by atoms with Crippen molar-refractivity contribution in [3.05, 3.63) is 59.3 Å². The maximum absolute atomic E-state index is 9.51. The molecule has 1 aromatic heterocycles. The molecule has 1 heterocycles. The second kappa shape index (κ2) is 8.97. The van der Waals surface area contributed by atoms with Crippen LogP contribution in [-0.4, -0.2) is 29.3 Å². The fourth-order valence-electron chi connectivity index (χ4n) is 3.98. The van der Waals surface area contributed by atoms with Crippen LogP contribution < -0.4 is 10.1 Å². The Balaban J connectivity index is 1.63. The number of fused-ring (bicyclic) bond motifs is 1. The first-order valence-electron chi connectivity index (χ1n) is 10.2. The van der Waals surface area contributed by atoms with Gasteiger partial charge < -0.3 is 15.2 Å². The quantitative estimate of drug-likeness (QED) is 0.580. The number of rotatable bonds is 7. The maximum Gasteiger partial charge on any atom is 0.137 e. The Labute approximate surface area is 181 Å². The van der Waals surface area contributed by atoms with Gasteiger partial charge in [0.1, 0.15) is 16.8 Å². The van der Waals surface area contributed by atoms with E-state index in [1.54, 1.807) is 11.3 Å². The topological polar surface area (TPSA) is 78.2 Å². The van der Waals surface area contributed by atoms with Gasteiger partial charge in [0.2, 0.25) is 0 Å². The molecule has 1 aliphatic rings. The molecule has 0 radical (unpaired) electrons. The van der Waals surface area contributed by atoms with Gasteiger partial charge in [-0.25, -0.2) is 4.98 Å². The summed E-state index contributed by atoms with van der Waals surface area (Å²) in [5.41, 5.74) is 5.36. The molecule has 5 nitrogen and oxygen atoms in total. The molecule has 1 atom stereocenters. The van der Waals surface area contributed by atoms with Gasteiger partial charge >= 0.3 is 0 Å². The molecule has 0 fully saturated rings. The van der Waals surface area contributed by atoms with E-state index in [-0.39, 0.29) is 12.7 Å². The van der Waals surface area contributed by atoms with Crippen molar-refractivity contribution < 1.29 is 9.84 Å². The number of benzene rings is 2. The lowest BCUT2D eigenvalue weighted by Crippen LogP contribution is -2.22. The number of nitrogens with zero attached hydrogens (tertiary/aromatic N) is 2. The van der Waals surface area contributed by atoms with Crippen LogP contribution in [0.4, 0.5) is 0 Å². The van der Waals surface area contributed by atoms with Crippen LogP contribution in [0.15, 0.2) is 42.6 Å². The summed E-state index contributed by atoms with van der Waals surface area (Å²) in [4.78, 5) is 5.77. The molecule has 0 saturated heterocycles. The number of aromatic nitrogens is 1.